The minimum absolute atomic E-state index is 0.159. The summed E-state index contributed by atoms with van der Waals surface area (Å²) in [6.07, 6.45) is 2.64. The van der Waals surface area contributed by atoms with Gasteiger partial charge >= 0.3 is 5.56 Å². The fourth-order valence-electron chi connectivity index (χ4n) is 2.77. The molecule has 0 spiro atoms. The van der Waals surface area contributed by atoms with Crippen molar-refractivity contribution in [3.05, 3.63) is 85.4 Å². The van der Waals surface area contributed by atoms with E-state index >= 15 is 0 Å². The maximum atomic E-state index is 12.8. The number of ether oxygens (including phenoxy) is 1. The molecule has 0 bridgehead atoms. The van der Waals surface area contributed by atoms with Crippen LogP contribution in [0.5, 0.6) is 5.75 Å². The third-order valence-electron chi connectivity index (χ3n) is 4.10. The molecule has 0 saturated heterocycles. The molecular formula is C21H17N3O3S. The molecule has 0 N–H and O–H groups in total. The molecule has 7 heteroatoms. The van der Waals surface area contributed by atoms with E-state index in [0.717, 1.165) is 23.3 Å². The first-order valence-electron chi connectivity index (χ1n) is 8.90. The van der Waals surface area contributed by atoms with Crippen molar-refractivity contribution in [3.8, 4) is 17.0 Å². The Morgan fingerprint density at radius 3 is 2.61 bits per heavy atom. The van der Waals surface area contributed by atoms with E-state index in [-0.39, 0.29) is 16.2 Å². The lowest BCUT2D eigenvalue weighted by Gasteiger charge is -2.07. The van der Waals surface area contributed by atoms with Crippen molar-refractivity contribution in [3.63, 3.8) is 0 Å². The molecule has 4 aromatic rings. The molecule has 0 unspecified atom stereocenters. The number of hydrogen-bond acceptors (Lipinski definition) is 6. The highest BCUT2D eigenvalue weighted by Gasteiger charge is 2.12. The fourth-order valence-corrected chi connectivity index (χ4v) is 3.67. The summed E-state index contributed by atoms with van der Waals surface area (Å²) < 4.78 is 7.38. The lowest BCUT2D eigenvalue weighted by atomic mass is 10.2. The number of thiazole rings is 1. The van der Waals surface area contributed by atoms with Gasteiger partial charge in [0, 0.05) is 11.1 Å². The molecule has 2 aromatic carbocycles. The Morgan fingerprint density at radius 2 is 1.82 bits per heavy atom. The van der Waals surface area contributed by atoms with Crippen molar-refractivity contribution in [2.75, 3.05) is 6.61 Å². The average Bonchev–Trinajstić information content (AvgIpc) is 3.02. The van der Waals surface area contributed by atoms with E-state index in [0.29, 0.717) is 22.5 Å². The maximum absolute atomic E-state index is 12.8. The van der Waals surface area contributed by atoms with E-state index in [4.69, 9.17) is 4.74 Å². The highest BCUT2D eigenvalue weighted by molar-refractivity contribution is 7.15. The summed E-state index contributed by atoms with van der Waals surface area (Å²) in [4.78, 5) is 29.6. The molecule has 0 radical (unpaired) electrons. The van der Waals surface area contributed by atoms with Crippen molar-refractivity contribution in [1.29, 1.82) is 0 Å². The normalized spacial score (nSPS) is 11.8. The van der Waals surface area contributed by atoms with E-state index in [1.54, 1.807) is 18.2 Å². The first kappa shape index (κ1) is 18.1. The van der Waals surface area contributed by atoms with Crippen molar-refractivity contribution >= 4 is 22.4 Å². The lowest BCUT2D eigenvalue weighted by molar-refractivity contribution is 0.317. The fraction of sp³-hybridized carbons (Fsp3) is 0.143. The van der Waals surface area contributed by atoms with Gasteiger partial charge in [-0.15, -0.1) is 0 Å². The summed E-state index contributed by atoms with van der Waals surface area (Å²) in [5.41, 5.74) is 0.821. The number of rotatable bonds is 5. The molecule has 0 aliphatic heterocycles. The number of nitrogens with zero attached hydrogens (tertiary/aromatic N) is 3. The number of para-hydroxylation sites is 1. The third-order valence-corrected chi connectivity index (χ3v) is 5.06. The van der Waals surface area contributed by atoms with Crippen molar-refractivity contribution < 1.29 is 4.74 Å². The zero-order valence-electron chi connectivity index (χ0n) is 15.2. The van der Waals surface area contributed by atoms with Crippen molar-refractivity contribution in [1.82, 2.24) is 14.6 Å². The van der Waals surface area contributed by atoms with Gasteiger partial charge in [-0.2, -0.15) is 14.6 Å². The highest BCUT2D eigenvalue weighted by Crippen LogP contribution is 2.19. The zero-order valence-corrected chi connectivity index (χ0v) is 16.0. The molecule has 140 valence electrons. The molecular weight excluding hydrogens is 374 g/mol. The van der Waals surface area contributed by atoms with E-state index in [9.17, 15) is 9.59 Å². The number of fused-ring (bicyclic) bond motifs is 1. The summed E-state index contributed by atoms with van der Waals surface area (Å²) in [6, 6.07) is 16.5. The predicted molar refractivity (Wildman–Crippen MR) is 110 cm³/mol. The molecule has 6 nitrogen and oxygen atoms in total. The van der Waals surface area contributed by atoms with Crippen LogP contribution < -0.4 is 20.4 Å². The van der Waals surface area contributed by atoms with E-state index in [2.05, 4.69) is 10.1 Å². The minimum atomic E-state index is -0.453. The standard InChI is InChI=1S/C21H17N3O3S/c1-2-12-27-16-11-7-6-10-15(16)13-17-20(26)24-21(28-17)22-19(25)18(23-24)14-8-4-3-5-9-14/h3-11,13H,2,12H2,1H3/b17-13-. The molecule has 0 aliphatic carbocycles. The summed E-state index contributed by atoms with van der Waals surface area (Å²) in [5, 5.41) is 4.27. The van der Waals surface area contributed by atoms with Gasteiger partial charge in [-0.25, -0.2) is 0 Å². The largest absolute Gasteiger partial charge is 0.493 e. The molecule has 0 fully saturated rings. The van der Waals surface area contributed by atoms with Gasteiger partial charge in [-0.1, -0.05) is 66.8 Å². The van der Waals surface area contributed by atoms with Crippen molar-refractivity contribution in [2.24, 2.45) is 0 Å². The van der Waals surface area contributed by atoms with Gasteiger partial charge in [0.05, 0.1) is 11.1 Å². The first-order valence-corrected chi connectivity index (χ1v) is 9.72. The molecule has 0 atom stereocenters. The van der Waals surface area contributed by atoms with Gasteiger partial charge in [0.1, 0.15) is 5.75 Å². The summed E-state index contributed by atoms with van der Waals surface area (Å²) in [7, 11) is 0. The summed E-state index contributed by atoms with van der Waals surface area (Å²) in [6.45, 7) is 2.63. The Hall–Kier alpha value is -3.32. The number of aromatic nitrogens is 3. The van der Waals surface area contributed by atoms with Crippen LogP contribution in [0.4, 0.5) is 0 Å². The lowest BCUT2D eigenvalue weighted by Crippen LogP contribution is -2.26. The monoisotopic (exact) mass is 391 g/mol. The minimum Gasteiger partial charge on any atom is -0.493 e. The highest BCUT2D eigenvalue weighted by atomic mass is 32.1. The van der Waals surface area contributed by atoms with E-state index in [1.807, 2.05) is 49.4 Å². The second kappa shape index (κ2) is 7.74. The molecule has 0 aliphatic rings. The van der Waals surface area contributed by atoms with Crippen LogP contribution in [-0.4, -0.2) is 21.2 Å². The van der Waals surface area contributed by atoms with Crippen molar-refractivity contribution in [2.45, 2.75) is 13.3 Å². The predicted octanol–water partition coefficient (Wildman–Crippen LogP) is 2.51. The van der Waals surface area contributed by atoms with Crippen LogP contribution in [-0.2, 0) is 0 Å². The molecule has 4 rings (SSSR count). The number of benzene rings is 2. The summed E-state index contributed by atoms with van der Waals surface area (Å²) in [5.74, 6) is 0.710. The maximum Gasteiger partial charge on any atom is 0.300 e. The Morgan fingerprint density at radius 1 is 1.07 bits per heavy atom. The molecule has 0 saturated carbocycles. The van der Waals surface area contributed by atoms with Gasteiger partial charge in [-0.3, -0.25) is 9.59 Å². The Bertz CT molecular complexity index is 1300. The van der Waals surface area contributed by atoms with Crippen LogP contribution in [0.1, 0.15) is 18.9 Å². The van der Waals surface area contributed by atoms with E-state index in [1.165, 1.54) is 4.52 Å². The summed E-state index contributed by atoms with van der Waals surface area (Å²) >= 11 is 1.14. The Balaban J connectivity index is 1.87. The second-order valence-electron chi connectivity index (χ2n) is 6.13. The van der Waals surface area contributed by atoms with Crippen LogP contribution in [0.2, 0.25) is 0 Å². The van der Waals surface area contributed by atoms with Gasteiger partial charge in [0.2, 0.25) is 4.96 Å². The Kier molecular flexibility index (Phi) is 4.99. The second-order valence-corrected chi connectivity index (χ2v) is 7.14. The first-order chi connectivity index (χ1) is 13.7. The van der Waals surface area contributed by atoms with Gasteiger partial charge in [-0.05, 0) is 18.6 Å². The number of hydrogen-bond donors (Lipinski definition) is 0. The molecule has 2 heterocycles. The van der Waals surface area contributed by atoms with Gasteiger partial charge < -0.3 is 4.74 Å². The average molecular weight is 391 g/mol. The van der Waals surface area contributed by atoms with Crippen LogP contribution >= 0.6 is 11.3 Å². The molecule has 2 aromatic heterocycles. The Labute approximate surface area is 164 Å². The van der Waals surface area contributed by atoms with Crippen LogP contribution in [0, 0.1) is 0 Å². The molecule has 28 heavy (non-hydrogen) atoms. The smallest absolute Gasteiger partial charge is 0.300 e. The SMILES string of the molecule is CCCOc1ccccc1/C=c1\sc2nc(=O)c(-c3ccccc3)nn2c1=O. The van der Waals surface area contributed by atoms with Crippen LogP contribution in [0.15, 0.2) is 64.2 Å². The van der Waals surface area contributed by atoms with Crippen LogP contribution in [0.3, 0.4) is 0 Å². The molecule has 0 amide bonds. The topological polar surface area (TPSA) is 73.6 Å². The van der Waals surface area contributed by atoms with Gasteiger partial charge in [0.15, 0.2) is 5.69 Å². The third kappa shape index (κ3) is 3.44. The van der Waals surface area contributed by atoms with Gasteiger partial charge in [0.25, 0.3) is 5.56 Å². The quantitative estimate of drug-likeness (QED) is 0.523. The van der Waals surface area contributed by atoms with Crippen LogP contribution in [0.25, 0.3) is 22.3 Å². The zero-order chi connectivity index (χ0) is 19.5. The van der Waals surface area contributed by atoms with E-state index < -0.39 is 5.56 Å².